The number of rotatable bonds is 9. The first-order valence-corrected chi connectivity index (χ1v) is 15.9. The molecule has 1 amide bonds. The van der Waals surface area contributed by atoms with E-state index in [1.807, 2.05) is 62.6 Å². The predicted molar refractivity (Wildman–Crippen MR) is 180 cm³/mol. The number of amides is 1. The Balaban J connectivity index is 1.26. The van der Waals surface area contributed by atoms with Crippen LogP contribution in [-0.2, 0) is 29.1 Å². The number of hydrogen-bond acceptors (Lipinski definition) is 8. The number of fused-ring (bicyclic) bond motifs is 2. The fourth-order valence-electron chi connectivity index (χ4n) is 6.13. The van der Waals surface area contributed by atoms with Gasteiger partial charge in [0.1, 0.15) is 18.5 Å². The van der Waals surface area contributed by atoms with E-state index in [0.29, 0.717) is 50.2 Å². The third-order valence-corrected chi connectivity index (χ3v) is 8.79. The third-order valence-electron chi connectivity index (χ3n) is 8.48. The molecule has 3 aromatic carbocycles. The van der Waals surface area contributed by atoms with Crippen LogP contribution in [0.1, 0.15) is 28.5 Å². The van der Waals surface area contributed by atoms with Gasteiger partial charge in [0.25, 0.3) is 0 Å². The van der Waals surface area contributed by atoms with Crippen molar-refractivity contribution in [2.24, 2.45) is 0 Å². The van der Waals surface area contributed by atoms with Crippen LogP contribution in [0.5, 0.6) is 0 Å². The lowest BCUT2D eigenvalue weighted by Crippen LogP contribution is -2.57. The molecule has 238 valence electrons. The van der Waals surface area contributed by atoms with Crippen LogP contribution in [0.4, 0.5) is 16.6 Å². The van der Waals surface area contributed by atoms with Crippen LogP contribution in [0, 0.1) is 6.57 Å². The zero-order valence-corrected chi connectivity index (χ0v) is 26.9. The molecule has 0 bridgehead atoms. The molecule has 2 atom stereocenters. The molecule has 10 nitrogen and oxygen atoms in total. The number of hydrogen-bond donors (Lipinski definition) is 1. The number of ether oxygens (including phenoxy) is 2. The maximum absolute atomic E-state index is 13.2. The Bertz CT molecular complexity index is 1720. The van der Waals surface area contributed by atoms with Crippen molar-refractivity contribution in [2.45, 2.75) is 31.8 Å². The van der Waals surface area contributed by atoms with Crippen molar-refractivity contribution in [2.75, 3.05) is 63.6 Å². The Hall–Kier alpha value is -4.43. The van der Waals surface area contributed by atoms with Crippen molar-refractivity contribution in [1.82, 2.24) is 19.8 Å². The highest BCUT2D eigenvalue weighted by atomic mass is 35.5. The number of aromatic nitrogens is 2. The molecule has 4 aromatic rings. The van der Waals surface area contributed by atoms with Crippen LogP contribution >= 0.6 is 11.6 Å². The first-order valence-electron chi connectivity index (χ1n) is 15.5. The predicted octanol–water partition coefficient (Wildman–Crippen LogP) is 5.82. The maximum Gasteiger partial charge on any atom is 0.410 e. The van der Waals surface area contributed by atoms with Gasteiger partial charge in [-0.05, 0) is 36.7 Å². The van der Waals surface area contributed by atoms with Gasteiger partial charge in [-0.2, -0.15) is 4.98 Å². The Kier molecular flexibility index (Phi) is 9.83. The van der Waals surface area contributed by atoms with Gasteiger partial charge in [0.15, 0.2) is 0 Å². The Morgan fingerprint density at radius 2 is 1.91 bits per heavy atom. The molecule has 0 radical (unpaired) electrons. The number of carbonyl (C=O) groups excluding carboxylic acids is 1. The zero-order chi connectivity index (χ0) is 32.0. The number of nitrogens with one attached hydrogen (secondary N) is 1. The third kappa shape index (κ3) is 7.02. The highest BCUT2D eigenvalue weighted by molar-refractivity contribution is 6.35. The van der Waals surface area contributed by atoms with E-state index in [1.165, 1.54) is 0 Å². The van der Waals surface area contributed by atoms with Gasteiger partial charge >= 0.3 is 6.09 Å². The van der Waals surface area contributed by atoms with Crippen molar-refractivity contribution in [3.8, 4) is 0 Å². The van der Waals surface area contributed by atoms with E-state index in [0.717, 1.165) is 45.5 Å². The van der Waals surface area contributed by atoms with Crippen molar-refractivity contribution in [3.05, 3.63) is 106 Å². The number of halogens is 1. The van der Waals surface area contributed by atoms with Gasteiger partial charge in [-0.1, -0.05) is 72.3 Å². The van der Waals surface area contributed by atoms with E-state index in [1.54, 1.807) is 4.90 Å². The van der Waals surface area contributed by atoms with Gasteiger partial charge < -0.3 is 29.4 Å². The van der Waals surface area contributed by atoms with Gasteiger partial charge in [0, 0.05) is 55.1 Å². The van der Waals surface area contributed by atoms with E-state index in [9.17, 15) is 4.79 Å². The Labute approximate surface area is 274 Å². The quantitative estimate of drug-likeness (QED) is 0.230. The summed E-state index contributed by atoms with van der Waals surface area (Å²) in [7, 11) is 4.06. The number of piperazine rings is 1. The van der Waals surface area contributed by atoms with Gasteiger partial charge in [-0.3, -0.25) is 4.90 Å². The Morgan fingerprint density at radius 3 is 2.70 bits per heavy atom. The monoisotopic (exact) mass is 639 g/mol. The van der Waals surface area contributed by atoms with E-state index in [4.69, 9.17) is 37.6 Å². The second-order valence-electron chi connectivity index (χ2n) is 11.9. The minimum atomic E-state index is -0.409. The topological polar surface area (TPSA) is 87.4 Å². The summed E-state index contributed by atoms with van der Waals surface area (Å²) in [6.07, 6.45) is -0.0677. The zero-order valence-electron chi connectivity index (χ0n) is 26.2. The molecule has 0 aliphatic carbocycles. The molecule has 1 fully saturated rings. The van der Waals surface area contributed by atoms with Gasteiger partial charge in [0.05, 0.1) is 18.4 Å². The minimum Gasteiger partial charge on any atom is -0.445 e. The summed E-state index contributed by atoms with van der Waals surface area (Å²) in [6, 6.07) is 21.4. The van der Waals surface area contributed by atoms with Crippen LogP contribution in [0.2, 0.25) is 5.02 Å². The molecule has 0 unspecified atom stereocenters. The molecule has 0 spiro atoms. The molecular weight excluding hydrogens is 602 g/mol. The highest BCUT2D eigenvalue weighted by Gasteiger charge is 2.36. The minimum absolute atomic E-state index is 0.165. The second kappa shape index (κ2) is 14.3. The van der Waals surface area contributed by atoms with Gasteiger partial charge in [-0.25, -0.2) is 16.4 Å². The van der Waals surface area contributed by atoms with Crippen molar-refractivity contribution < 1.29 is 14.3 Å². The molecule has 2 aliphatic rings. The lowest BCUT2D eigenvalue weighted by molar-refractivity contribution is 0.0268. The molecule has 1 N–H and O–H groups in total. The fraction of sp³-hybridized carbons (Fsp3) is 0.371. The summed E-state index contributed by atoms with van der Waals surface area (Å²) in [5.74, 6) is 1.33. The first kappa shape index (κ1) is 31.5. The van der Waals surface area contributed by atoms with Crippen LogP contribution in [0.3, 0.4) is 0 Å². The number of likely N-dealkylation sites (N-methyl/N-ethyl adjacent to an activating group) is 1. The number of benzene rings is 3. The van der Waals surface area contributed by atoms with Crippen LogP contribution in [-0.4, -0.2) is 85.3 Å². The van der Waals surface area contributed by atoms with E-state index < -0.39 is 6.09 Å². The summed E-state index contributed by atoms with van der Waals surface area (Å²) in [6.45, 7) is 11.2. The van der Waals surface area contributed by atoms with Crippen LogP contribution in [0.25, 0.3) is 15.6 Å². The molecule has 2 aliphatic heterocycles. The highest BCUT2D eigenvalue weighted by Crippen LogP contribution is 2.39. The average molecular weight is 640 g/mol. The largest absolute Gasteiger partial charge is 0.445 e. The summed E-state index contributed by atoms with van der Waals surface area (Å²) in [5, 5.41) is 6.17. The number of carbonyl (C=O) groups is 1. The van der Waals surface area contributed by atoms with E-state index >= 15 is 0 Å². The van der Waals surface area contributed by atoms with Crippen molar-refractivity contribution in [1.29, 1.82) is 0 Å². The Morgan fingerprint density at radius 1 is 1.11 bits per heavy atom. The lowest BCUT2D eigenvalue weighted by atomic mass is 9.94. The average Bonchev–Trinajstić information content (AvgIpc) is 3.07. The summed E-state index contributed by atoms with van der Waals surface area (Å²) in [5.41, 5.74) is 3.81. The molecular formula is C35H38ClN7O3. The SMILES string of the molecule is [C-]#[N+]C[C@H]1CN(c2nc(NCCN(C)C)nc3c2CO[C@H](c2cccc4cccc(Cl)c24)C3)CCN1C(=O)OCc1ccccc1. The standard InChI is InChI=1S/C35H38ClN7O3/c1-37-20-26-21-42(17-18-43(26)35(44)46-22-24-9-5-4-6-10-24)33-28-23-45-31(19-30(28)39-34(40-33)38-15-16-41(2)3)27-13-7-11-25-12-8-14-29(36)32(25)27/h4-14,26,31H,15-23H2,2-3H3,(H,38,39,40)/t26-,31-/m0/s1. The summed E-state index contributed by atoms with van der Waals surface area (Å²) in [4.78, 5) is 32.7. The summed E-state index contributed by atoms with van der Waals surface area (Å²) < 4.78 is 12.2. The van der Waals surface area contributed by atoms with E-state index in [-0.39, 0.29) is 25.3 Å². The van der Waals surface area contributed by atoms with Crippen molar-refractivity contribution in [3.63, 3.8) is 0 Å². The first-order chi connectivity index (χ1) is 22.4. The normalized spacial score (nSPS) is 17.9. The maximum atomic E-state index is 13.2. The molecule has 0 saturated carbocycles. The smallest absolute Gasteiger partial charge is 0.410 e. The lowest BCUT2D eigenvalue weighted by Gasteiger charge is -2.40. The fourth-order valence-corrected chi connectivity index (χ4v) is 6.42. The molecule has 1 saturated heterocycles. The molecule has 46 heavy (non-hydrogen) atoms. The van der Waals surface area contributed by atoms with Gasteiger partial charge in [0.2, 0.25) is 12.5 Å². The molecule has 3 heterocycles. The number of anilines is 2. The number of nitrogens with zero attached hydrogens (tertiary/aromatic N) is 6. The second-order valence-corrected chi connectivity index (χ2v) is 12.3. The van der Waals surface area contributed by atoms with Crippen LogP contribution < -0.4 is 10.2 Å². The molecule has 11 heteroatoms. The van der Waals surface area contributed by atoms with Crippen LogP contribution in [0.15, 0.2) is 66.7 Å². The van der Waals surface area contributed by atoms with Gasteiger partial charge in [-0.15, -0.1) is 0 Å². The molecule has 6 rings (SSSR count). The molecule has 1 aromatic heterocycles. The van der Waals surface area contributed by atoms with Crippen molar-refractivity contribution >= 4 is 40.2 Å². The summed E-state index contributed by atoms with van der Waals surface area (Å²) >= 11 is 6.68. The van der Waals surface area contributed by atoms with E-state index in [2.05, 4.69) is 38.2 Å².